The lowest BCUT2D eigenvalue weighted by Gasteiger charge is -2.36. The van der Waals surface area contributed by atoms with Crippen LogP contribution in [0.25, 0.3) is 0 Å². The normalized spacial score (nSPS) is 17.2. The minimum Gasteiger partial charge on any atom is -0.258 e. The molecule has 4 heteroatoms. The maximum Gasteiger partial charge on any atom is 0.274 e. The van der Waals surface area contributed by atoms with Crippen LogP contribution in [0.2, 0.25) is 0 Å². The van der Waals surface area contributed by atoms with Gasteiger partial charge in [0.25, 0.3) is 5.69 Å². The molecule has 0 heterocycles. The summed E-state index contributed by atoms with van der Waals surface area (Å²) < 4.78 is 0. The van der Waals surface area contributed by atoms with Crippen LogP contribution in [0.4, 0.5) is 5.69 Å². The van der Waals surface area contributed by atoms with Crippen molar-refractivity contribution in [2.45, 2.75) is 31.6 Å². The summed E-state index contributed by atoms with van der Waals surface area (Å²) in [5.41, 5.74) is 0.929. The van der Waals surface area contributed by atoms with Crippen molar-refractivity contribution >= 4 is 5.69 Å². The minimum absolute atomic E-state index is 0.0845. The van der Waals surface area contributed by atoms with Crippen molar-refractivity contribution < 1.29 is 4.92 Å². The van der Waals surface area contributed by atoms with E-state index >= 15 is 0 Å². The molecule has 1 aliphatic rings. The van der Waals surface area contributed by atoms with E-state index in [1.54, 1.807) is 6.07 Å². The maximum absolute atomic E-state index is 11.0. The molecule has 0 aromatic heterocycles. The highest BCUT2D eigenvalue weighted by Gasteiger charge is 2.44. The molecular weight excluding hydrogens is 204 g/mol. The first-order valence-electron chi connectivity index (χ1n) is 5.26. The Morgan fingerprint density at radius 3 is 2.62 bits per heavy atom. The molecule has 0 atom stereocenters. The quantitative estimate of drug-likeness (QED) is 0.563. The molecule has 0 aliphatic heterocycles. The molecule has 1 fully saturated rings. The molecule has 0 radical (unpaired) electrons. The second-order valence-electron chi connectivity index (χ2n) is 4.27. The van der Waals surface area contributed by atoms with Crippen LogP contribution < -0.4 is 0 Å². The van der Waals surface area contributed by atoms with E-state index in [0.29, 0.717) is 5.56 Å². The molecule has 4 nitrogen and oxygen atoms in total. The highest BCUT2D eigenvalue weighted by Crippen LogP contribution is 2.47. The fourth-order valence-corrected chi connectivity index (χ4v) is 2.38. The molecule has 0 spiro atoms. The van der Waals surface area contributed by atoms with Gasteiger partial charge >= 0.3 is 0 Å². The van der Waals surface area contributed by atoms with Crippen LogP contribution in [0.3, 0.4) is 0 Å². The molecule has 0 amide bonds. The Bertz CT molecular complexity index is 484. The van der Waals surface area contributed by atoms with Crippen molar-refractivity contribution in [3.8, 4) is 6.07 Å². The number of hydrogen-bond acceptors (Lipinski definition) is 3. The first-order valence-corrected chi connectivity index (χ1v) is 5.26. The van der Waals surface area contributed by atoms with Crippen molar-refractivity contribution in [1.82, 2.24) is 0 Å². The summed E-state index contributed by atoms with van der Waals surface area (Å²) in [6.45, 7) is 1.83. The highest BCUT2D eigenvalue weighted by atomic mass is 16.6. The molecule has 2 rings (SSSR count). The fraction of sp³-hybridized carbons (Fsp3) is 0.417. The molecule has 0 N–H and O–H groups in total. The third-order valence-corrected chi connectivity index (χ3v) is 3.35. The smallest absolute Gasteiger partial charge is 0.258 e. The van der Waals surface area contributed by atoms with Crippen molar-refractivity contribution in [3.05, 3.63) is 39.4 Å². The summed E-state index contributed by atoms with van der Waals surface area (Å²) in [6.07, 6.45) is 2.43. The molecule has 1 saturated carbocycles. The van der Waals surface area contributed by atoms with Crippen LogP contribution in [-0.4, -0.2) is 4.92 Å². The number of hydrogen-bond donors (Lipinski definition) is 0. The third kappa shape index (κ3) is 1.36. The minimum atomic E-state index is -0.617. The average Bonchev–Trinajstić information content (AvgIpc) is 2.19. The summed E-state index contributed by atoms with van der Waals surface area (Å²) in [5, 5.41) is 20.2. The number of aryl methyl sites for hydroxylation is 1. The van der Waals surface area contributed by atoms with Gasteiger partial charge in [0.2, 0.25) is 0 Å². The second-order valence-corrected chi connectivity index (χ2v) is 4.27. The molecule has 0 unspecified atom stereocenters. The summed E-state index contributed by atoms with van der Waals surface area (Å²) in [7, 11) is 0. The van der Waals surface area contributed by atoms with Gasteiger partial charge in [0.05, 0.1) is 22.0 Å². The first-order chi connectivity index (χ1) is 7.60. The Morgan fingerprint density at radius 1 is 1.50 bits per heavy atom. The van der Waals surface area contributed by atoms with E-state index in [1.165, 1.54) is 6.07 Å². The second kappa shape index (κ2) is 3.60. The lowest BCUT2D eigenvalue weighted by molar-refractivity contribution is -0.386. The van der Waals surface area contributed by atoms with Crippen molar-refractivity contribution in [1.29, 1.82) is 5.26 Å². The summed E-state index contributed by atoms with van der Waals surface area (Å²) in [5.74, 6) is 0. The standard InChI is InChI=1S/C12H12N2O2/c1-9-4-2-5-10(14(15)16)11(9)12(8-13)6-3-7-12/h2,4-5H,3,6-7H2,1H3. The van der Waals surface area contributed by atoms with Gasteiger partial charge in [-0.2, -0.15) is 5.26 Å². The van der Waals surface area contributed by atoms with Gasteiger partial charge in [0, 0.05) is 6.07 Å². The van der Waals surface area contributed by atoms with E-state index in [1.807, 2.05) is 13.0 Å². The Kier molecular flexibility index (Phi) is 2.39. The van der Waals surface area contributed by atoms with Crippen molar-refractivity contribution in [2.75, 3.05) is 0 Å². The van der Waals surface area contributed by atoms with Crippen LogP contribution in [0.15, 0.2) is 18.2 Å². The van der Waals surface area contributed by atoms with Gasteiger partial charge in [0.15, 0.2) is 0 Å². The molecular formula is C12H12N2O2. The molecule has 1 aromatic carbocycles. The summed E-state index contributed by atoms with van der Waals surface area (Å²) >= 11 is 0. The molecule has 1 aromatic rings. The van der Waals surface area contributed by atoms with Crippen molar-refractivity contribution in [3.63, 3.8) is 0 Å². The Balaban J connectivity index is 2.63. The Morgan fingerprint density at radius 2 is 2.19 bits per heavy atom. The van der Waals surface area contributed by atoms with Gasteiger partial charge < -0.3 is 0 Å². The highest BCUT2D eigenvalue weighted by molar-refractivity contribution is 5.54. The van der Waals surface area contributed by atoms with E-state index in [9.17, 15) is 15.4 Å². The van der Waals surface area contributed by atoms with Crippen LogP contribution in [0, 0.1) is 28.4 Å². The predicted molar refractivity (Wildman–Crippen MR) is 59.0 cm³/mol. The lowest BCUT2D eigenvalue weighted by atomic mass is 9.64. The largest absolute Gasteiger partial charge is 0.274 e. The Hall–Kier alpha value is -1.89. The zero-order chi connectivity index (χ0) is 11.8. The van der Waals surface area contributed by atoms with E-state index in [2.05, 4.69) is 6.07 Å². The fourth-order valence-electron chi connectivity index (χ4n) is 2.38. The average molecular weight is 216 g/mol. The molecule has 0 bridgehead atoms. The van der Waals surface area contributed by atoms with Gasteiger partial charge in [-0.1, -0.05) is 12.1 Å². The number of rotatable bonds is 2. The van der Waals surface area contributed by atoms with Crippen molar-refractivity contribution in [2.24, 2.45) is 0 Å². The van der Waals surface area contributed by atoms with Gasteiger partial charge in [-0.15, -0.1) is 0 Å². The molecule has 16 heavy (non-hydrogen) atoms. The molecule has 1 aliphatic carbocycles. The molecule has 0 saturated heterocycles. The zero-order valence-electron chi connectivity index (χ0n) is 9.06. The lowest BCUT2D eigenvalue weighted by Crippen LogP contribution is -2.33. The van der Waals surface area contributed by atoms with Crippen LogP contribution >= 0.6 is 0 Å². The van der Waals surface area contributed by atoms with Crippen LogP contribution in [0.1, 0.15) is 30.4 Å². The van der Waals surface area contributed by atoms with Crippen LogP contribution in [0.5, 0.6) is 0 Å². The van der Waals surface area contributed by atoms with E-state index in [0.717, 1.165) is 24.8 Å². The predicted octanol–water partition coefficient (Wildman–Crippen LogP) is 2.85. The summed E-state index contributed by atoms with van der Waals surface area (Å²) in [4.78, 5) is 10.6. The number of nitro benzene ring substituents is 1. The van der Waals surface area contributed by atoms with E-state index in [-0.39, 0.29) is 10.6 Å². The SMILES string of the molecule is Cc1cccc([N+](=O)[O-])c1C1(C#N)CCC1. The van der Waals surface area contributed by atoms with E-state index < -0.39 is 5.41 Å². The van der Waals surface area contributed by atoms with Gasteiger partial charge in [-0.3, -0.25) is 10.1 Å². The van der Waals surface area contributed by atoms with E-state index in [4.69, 9.17) is 0 Å². The van der Waals surface area contributed by atoms with Gasteiger partial charge in [-0.25, -0.2) is 0 Å². The monoisotopic (exact) mass is 216 g/mol. The van der Waals surface area contributed by atoms with Crippen LogP contribution in [-0.2, 0) is 5.41 Å². The first kappa shape index (κ1) is 10.6. The number of nitrogens with zero attached hydrogens (tertiary/aromatic N) is 2. The number of benzene rings is 1. The maximum atomic E-state index is 11.0. The topological polar surface area (TPSA) is 66.9 Å². The summed E-state index contributed by atoms with van der Waals surface area (Å²) in [6, 6.07) is 7.25. The zero-order valence-corrected chi connectivity index (χ0v) is 9.06. The van der Waals surface area contributed by atoms with Gasteiger partial charge in [-0.05, 0) is 31.7 Å². The third-order valence-electron chi connectivity index (χ3n) is 3.35. The van der Waals surface area contributed by atoms with Gasteiger partial charge in [0.1, 0.15) is 0 Å². The number of nitriles is 1. The molecule has 82 valence electrons. The Labute approximate surface area is 93.7 Å². The number of nitro groups is 1.